The summed E-state index contributed by atoms with van der Waals surface area (Å²) in [5.74, 6) is 0.771. The largest absolute Gasteiger partial charge is 0.347 e. The van der Waals surface area contributed by atoms with Crippen LogP contribution in [0.3, 0.4) is 0 Å². The second-order valence-electron chi connectivity index (χ2n) is 7.30. The van der Waals surface area contributed by atoms with Gasteiger partial charge in [0.1, 0.15) is 5.82 Å². The van der Waals surface area contributed by atoms with Crippen molar-refractivity contribution >= 4 is 23.3 Å². The molecule has 0 unspecified atom stereocenters. The van der Waals surface area contributed by atoms with Crippen molar-refractivity contribution in [2.45, 2.75) is 39.5 Å². The van der Waals surface area contributed by atoms with Crippen LogP contribution < -0.4 is 10.6 Å². The maximum atomic E-state index is 12.4. The van der Waals surface area contributed by atoms with E-state index < -0.39 is 0 Å². The minimum atomic E-state index is -0.192. The zero-order valence-corrected chi connectivity index (χ0v) is 16.7. The summed E-state index contributed by atoms with van der Waals surface area (Å²) < 4.78 is 0. The number of anilines is 2. The van der Waals surface area contributed by atoms with Gasteiger partial charge >= 0.3 is 0 Å². The Bertz CT molecular complexity index is 868. The maximum absolute atomic E-state index is 12.4. The number of rotatable bonds is 5. The van der Waals surface area contributed by atoms with Crippen molar-refractivity contribution in [2.75, 3.05) is 25.0 Å². The lowest BCUT2D eigenvalue weighted by atomic mass is 9.93. The van der Waals surface area contributed by atoms with Gasteiger partial charge in [-0.05, 0) is 50.5 Å². The van der Waals surface area contributed by atoms with E-state index in [1.807, 2.05) is 43.0 Å². The normalized spacial score (nSPS) is 16.5. The summed E-state index contributed by atoms with van der Waals surface area (Å²) in [6.45, 7) is 6.80. The SMILES string of the molecule is CC(=O)NCC(=O)N1CCC[C@H](c2cc(Nc3ncccc3C)cc(C)n2)C1. The molecular weight excluding hydrogens is 354 g/mol. The van der Waals surface area contributed by atoms with Crippen LogP contribution in [0.4, 0.5) is 11.5 Å². The summed E-state index contributed by atoms with van der Waals surface area (Å²) in [5, 5.41) is 5.97. The van der Waals surface area contributed by atoms with Gasteiger partial charge in [-0.2, -0.15) is 0 Å². The number of pyridine rings is 2. The molecule has 0 saturated carbocycles. The number of hydrogen-bond donors (Lipinski definition) is 2. The Balaban J connectivity index is 1.74. The fourth-order valence-electron chi connectivity index (χ4n) is 3.49. The molecular formula is C21H27N5O2. The number of nitrogens with zero attached hydrogens (tertiary/aromatic N) is 3. The molecule has 0 radical (unpaired) electrons. The summed E-state index contributed by atoms with van der Waals surface area (Å²) >= 11 is 0. The van der Waals surface area contributed by atoms with Gasteiger partial charge in [-0.3, -0.25) is 14.6 Å². The van der Waals surface area contributed by atoms with E-state index in [-0.39, 0.29) is 24.3 Å². The maximum Gasteiger partial charge on any atom is 0.241 e. The van der Waals surface area contributed by atoms with Gasteiger partial charge in [0.15, 0.2) is 0 Å². The van der Waals surface area contributed by atoms with E-state index in [4.69, 9.17) is 4.98 Å². The van der Waals surface area contributed by atoms with Crippen molar-refractivity contribution in [3.63, 3.8) is 0 Å². The van der Waals surface area contributed by atoms with Gasteiger partial charge in [0, 0.05) is 49.2 Å². The fourth-order valence-corrected chi connectivity index (χ4v) is 3.49. The Hall–Kier alpha value is -2.96. The number of nitrogens with one attached hydrogen (secondary N) is 2. The van der Waals surface area contributed by atoms with E-state index in [9.17, 15) is 9.59 Å². The van der Waals surface area contributed by atoms with Crippen LogP contribution in [0.15, 0.2) is 30.5 Å². The summed E-state index contributed by atoms with van der Waals surface area (Å²) in [5.41, 5.74) is 3.93. The van der Waals surface area contributed by atoms with Gasteiger partial charge in [0.25, 0.3) is 0 Å². The highest BCUT2D eigenvalue weighted by atomic mass is 16.2. The number of aryl methyl sites for hydroxylation is 2. The van der Waals surface area contributed by atoms with Gasteiger partial charge in [-0.25, -0.2) is 4.98 Å². The molecule has 0 aliphatic carbocycles. The van der Waals surface area contributed by atoms with Crippen LogP contribution in [0, 0.1) is 13.8 Å². The third kappa shape index (κ3) is 5.06. The summed E-state index contributed by atoms with van der Waals surface area (Å²) in [6.07, 6.45) is 3.68. The summed E-state index contributed by atoms with van der Waals surface area (Å²) in [4.78, 5) is 34.4. The molecule has 0 spiro atoms. The van der Waals surface area contributed by atoms with Crippen molar-refractivity contribution in [1.82, 2.24) is 20.2 Å². The fraction of sp³-hybridized carbons (Fsp3) is 0.429. The van der Waals surface area contributed by atoms with Crippen LogP contribution in [0.1, 0.15) is 42.6 Å². The van der Waals surface area contributed by atoms with Crippen LogP contribution in [0.2, 0.25) is 0 Å². The molecule has 0 aromatic carbocycles. The number of aromatic nitrogens is 2. The number of carbonyl (C=O) groups is 2. The monoisotopic (exact) mass is 381 g/mol. The van der Waals surface area contributed by atoms with E-state index in [0.717, 1.165) is 47.8 Å². The summed E-state index contributed by atoms with van der Waals surface area (Å²) in [6, 6.07) is 7.98. The molecule has 28 heavy (non-hydrogen) atoms. The first-order valence-electron chi connectivity index (χ1n) is 9.62. The van der Waals surface area contributed by atoms with Crippen LogP contribution in [0.25, 0.3) is 0 Å². The molecule has 0 bridgehead atoms. The second kappa shape index (κ2) is 8.82. The number of likely N-dealkylation sites (tertiary alicyclic amines) is 1. The predicted molar refractivity (Wildman–Crippen MR) is 108 cm³/mol. The average Bonchev–Trinajstić information content (AvgIpc) is 2.67. The second-order valence-corrected chi connectivity index (χ2v) is 7.30. The average molecular weight is 381 g/mol. The molecule has 2 amide bonds. The zero-order valence-electron chi connectivity index (χ0n) is 16.7. The Labute approximate surface area is 165 Å². The van der Waals surface area contributed by atoms with E-state index in [1.54, 1.807) is 6.20 Å². The van der Waals surface area contributed by atoms with Gasteiger partial charge in [-0.15, -0.1) is 0 Å². The van der Waals surface area contributed by atoms with Crippen molar-refractivity contribution in [3.05, 3.63) is 47.4 Å². The lowest BCUT2D eigenvalue weighted by Gasteiger charge is -2.33. The van der Waals surface area contributed by atoms with E-state index >= 15 is 0 Å². The van der Waals surface area contributed by atoms with Gasteiger partial charge in [-0.1, -0.05) is 6.07 Å². The highest BCUT2D eigenvalue weighted by Gasteiger charge is 2.26. The van der Waals surface area contributed by atoms with E-state index in [2.05, 4.69) is 15.6 Å². The van der Waals surface area contributed by atoms with Gasteiger partial charge in [0.2, 0.25) is 11.8 Å². The zero-order chi connectivity index (χ0) is 20.1. The molecule has 7 nitrogen and oxygen atoms in total. The molecule has 2 aromatic rings. The van der Waals surface area contributed by atoms with Crippen LogP contribution >= 0.6 is 0 Å². The minimum absolute atomic E-state index is 0.0463. The number of piperidine rings is 1. The Morgan fingerprint density at radius 3 is 2.86 bits per heavy atom. The van der Waals surface area contributed by atoms with Crippen LogP contribution in [0.5, 0.6) is 0 Å². The molecule has 2 N–H and O–H groups in total. The first-order valence-corrected chi connectivity index (χ1v) is 9.62. The molecule has 1 fully saturated rings. The Morgan fingerprint density at radius 2 is 2.11 bits per heavy atom. The highest BCUT2D eigenvalue weighted by Crippen LogP contribution is 2.29. The molecule has 148 valence electrons. The van der Waals surface area contributed by atoms with Crippen molar-refractivity contribution < 1.29 is 9.59 Å². The molecule has 7 heteroatoms. The molecule has 1 atom stereocenters. The minimum Gasteiger partial charge on any atom is -0.347 e. The van der Waals surface area contributed by atoms with Crippen molar-refractivity contribution in [1.29, 1.82) is 0 Å². The van der Waals surface area contributed by atoms with Gasteiger partial charge in [0.05, 0.1) is 6.54 Å². The van der Waals surface area contributed by atoms with Crippen LogP contribution in [-0.4, -0.2) is 46.3 Å². The Kier molecular flexibility index (Phi) is 6.23. The Morgan fingerprint density at radius 1 is 1.29 bits per heavy atom. The number of hydrogen-bond acceptors (Lipinski definition) is 5. The number of amides is 2. The smallest absolute Gasteiger partial charge is 0.241 e. The lowest BCUT2D eigenvalue weighted by molar-refractivity contribution is -0.133. The molecule has 3 heterocycles. The molecule has 1 aliphatic rings. The third-order valence-electron chi connectivity index (χ3n) is 4.93. The molecule has 1 aliphatic heterocycles. The van der Waals surface area contributed by atoms with Crippen molar-refractivity contribution in [2.24, 2.45) is 0 Å². The topological polar surface area (TPSA) is 87.2 Å². The highest BCUT2D eigenvalue weighted by molar-refractivity contribution is 5.83. The number of carbonyl (C=O) groups excluding carboxylic acids is 2. The lowest BCUT2D eigenvalue weighted by Crippen LogP contribution is -2.44. The predicted octanol–water partition coefficient (Wildman–Crippen LogP) is 2.68. The van der Waals surface area contributed by atoms with Crippen molar-refractivity contribution in [3.8, 4) is 0 Å². The first-order chi connectivity index (χ1) is 13.4. The third-order valence-corrected chi connectivity index (χ3v) is 4.93. The molecule has 1 saturated heterocycles. The molecule has 3 rings (SSSR count). The van der Waals surface area contributed by atoms with E-state index in [1.165, 1.54) is 6.92 Å². The van der Waals surface area contributed by atoms with E-state index in [0.29, 0.717) is 6.54 Å². The summed E-state index contributed by atoms with van der Waals surface area (Å²) in [7, 11) is 0. The quantitative estimate of drug-likeness (QED) is 0.831. The van der Waals surface area contributed by atoms with Crippen LogP contribution in [-0.2, 0) is 9.59 Å². The first kappa shape index (κ1) is 19.8. The molecule has 2 aromatic heterocycles. The van der Waals surface area contributed by atoms with Gasteiger partial charge < -0.3 is 15.5 Å². The standard InChI is InChI=1S/C21H27N5O2/c1-14-6-4-8-22-21(14)25-18-10-15(2)24-19(11-18)17-7-5-9-26(13-17)20(28)12-23-16(3)27/h4,6,8,10-11,17H,5,7,9,12-13H2,1-3H3,(H,23,27)(H,22,24,25)/t17-/m0/s1.